The van der Waals surface area contributed by atoms with Crippen LogP contribution in [-0.2, 0) is 0 Å². The Morgan fingerprint density at radius 2 is 1.79 bits per heavy atom. The molecule has 19 heavy (non-hydrogen) atoms. The second-order valence-corrected chi connectivity index (χ2v) is 4.74. The molecule has 3 nitrogen and oxygen atoms in total. The van der Waals surface area contributed by atoms with Gasteiger partial charge in [0.2, 0.25) is 6.71 Å². The molecule has 0 atom stereocenters. The highest BCUT2D eigenvalue weighted by atomic mass is 16.5. The van der Waals surface area contributed by atoms with Crippen molar-refractivity contribution in [1.29, 1.82) is 0 Å². The van der Waals surface area contributed by atoms with Crippen molar-refractivity contribution in [3.05, 3.63) is 48.5 Å². The van der Waals surface area contributed by atoms with Gasteiger partial charge in [-0.1, -0.05) is 54.0 Å². The standard InChI is InChI=1S/C14H14B2O3/c17-16(18)13-8-4-7-12-14(13)19-10-9-15(12)11-5-2-1-3-6-11/h1-8,17-18H,9-10H2. The summed E-state index contributed by atoms with van der Waals surface area (Å²) in [4.78, 5) is 0. The minimum atomic E-state index is -1.50. The van der Waals surface area contributed by atoms with Crippen molar-refractivity contribution < 1.29 is 14.8 Å². The summed E-state index contributed by atoms with van der Waals surface area (Å²) in [6.07, 6.45) is 0.905. The van der Waals surface area contributed by atoms with Crippen LogP contribution in [0.15, 0.2) is 48.5 Å². The van der Waals surface area contributed by atoms with Gasteiger partial charge in [0.15, 0.2) is 0 Å². The van der Waals surface area contributed by atoms with Crippen LogP contribution in [0.1, 0.15) is 0 Å². The molecule has 0 saturated heterocycles. The zero-order valence-electron chi connectivity index (χ0n) is 10.5. The first-order valence-corrected chi connectivity index (χ1v) is 6.44. The number of fused-ring (bicyclic) bond motifs is 1. The smallest absolute Gasteiger partial charge is 0.492 e. The summed E-state index contributed by atoms with van der Waals surface area (Å²) < 4.78 is 5.65. The van der Waals surface area contributed by atoms with E-state index in [1.165, 1.54) is 5.46 Å². The van der Waals surface area contributed by atoms with E-state index < -0.39 is 7.12 Å². The molecule has 0 fully saturated rings. The van der Waals surface area contributed by atoms with Crippen LogP contribution in [-0.4, -0.2) is 30.5 Å². The molecule has 0 aliphatic carbocycles. The number of rotatable bonds is 2. The van der Waals surface area contributed by atoms with Gasteiger partial charge in [-0.25, -0.2) is 0 Å². The lowest BCUT2D eigenvalue weighted by atomic mass is 9.37. The first-order chi connectivity index (χ1) is 9.27. The molecule has 2 N–H and O–H groups in total. The second kappa shape index (κ2) is 5.11. The minimum Gasteiger partial charge on any atom is -0.495 e. The summed E-state index contributed by atoms with van der Waals surface area (Å²) in [6.45, 7) is 0.847. The summed E-state index contributed by atoms with van der Waals surface area (Å²) in [7, 11) is -1.50. The molecular weight excluding hydrogens is 238 g/mol. The lowest BCUT2D eigenvalue weighted by Crippen LogP contribution is -2.50. The Labute approximate surface area is 113 Å². The van der Waals surface area contributed by atoms with Crippen LogP contribution in [0.5, 0.6) is 5.75 Å². The Morgan fingerprint density at radius 1 is 1.00 bits per heavy atom. The fraction of sp³-hybridized carbons (Fsp3) is 0.143. The van der Waals surface area contributed by atoms with Crippen molar-refractivity contribution in [3.63, 3.8) is 0 Å². The molecule has 0 saturated carbocycles. The van der Waals surface area contributed by atoms with Crippen LogP contribution in [0, 0.1) is 0 Å². The van der Waals surface area contributed by atoms with E-state index in [9.17, 15) is 10.0 Å². The van der Waals surface area contributed by atoms with Crippen molar-refractivity contribution in [2.24, 2.45) is 0 Å². The van der Waals surface area contributed by atoms with Gasteiger partial charge in [0.25, 0.3) is 0 Å². The number of benzene rings is 2. The molecular formula is C14H14B2O3. The summed E-state index contributed by atoms with van der Waals surface area (Å²) >= 11 is 0. The molecule has 0 radical (unpaired) electrons. The van der Waals surface area contributed by atoms with Crippen molar-refractivity contribution in [3.8, 4) is 5.75 Å². The van der Waals surface area contributed by atoms with E-state index >= 15 is 0 Å². The van der Waals surface area contributed by atoms with Gasteiger partial charge >= 0.3 is 7.12 Å². The number of ether oxygens (including phenoxy) is 1. The van der Waals surface area contributed by atoms with Crippen molar-refractivity contribution >= 4 is 30.2 Å². The molecule has 2 aromatic rings. The fourth-order valence-electron chi connectivity index (χ4n) is 2.68. The third-order valence-electron chi connectivity index (χ3n) is 3.58. The van der Waals surface area contributed by atoms with E-state index in [4.69, 9.17) is 4.74 Å². The largest absolute Gasteiger partial charge is 0.495 e. The number of hydrogen-bond donors (Lipinski definition) is 2. The Kier molecular flexibility index (Phi) is 3.32. The van der Waals surface area contributed by atoms with Crippen LogP contribution in [0.2, 0.25) is 6.32 Å². The molecule has 94 valence electrons. The van der Waals surface area contributed by atoms with Crippen LogP contribution in [0.4, 0.5) is 0 Å². The number of hydrogen-bond acceptors (Lipinski definition) is 3. The van der Waals surface area contributed by atoms with Crippen LogP contribution in [0.25, 0.3) is 0 Å². The Bertz CT molecular complexity index is 572. The third kappa shape index (κ3) is 2.27. The topological polar surface area (TPSA) is 49.7 Å². The van der Waals surface area contributed by atoms with E-state index in [-0.39, 0.29) is 6.71 Å². The molecule has 0 spiro atoms. The van der Waals surface area contributed by atoms with Crippen molar-refractivity contribution in [2.75, 3.05) is 6.61 Å². The minimum absolute atomic E-state index is 0.253. The fourth-order valence-corrected chi connectivity index (χ4v) is 2.68. The van der Waals surface area contributed by atoms with Gasteiger partial charge in [-0.3, -0.25) is 0 Å². The van der Waals surface area contributed by atoms with Gasteiger partial charge in [0.1, 0.15) is 5.75 Å². The Hall–Kier alpha value is -1.71. The highest BCUT2D eigenvalue weighted by molar-refractivity contribution is 6.86. The molecule has 0 unspecified atom stereocenters. The van der Waals surface area contributed by atoms with Crippen LogP contribution >= 0.6 is 0 Å². The van der Waals surface area contributed by atoms with Crippen LogP contribution < -0.4 is 21.1 Å². The zero-order chi connectivity index (χ0) is 13.2. The SMILES string of the molecule is OB(O)c1cccc2c1OCCB2c1ccccc1. The van der Waals surface area contributed by atoms with E-state index in [2.05, 4.69) is 12.1 Å². The molecule has 3 rings (SSSR count). The van der Waals surface area contributed by atoms with E-state index in [1.807, 2.05) is 30.3 Å². The van der Waals surface area contributed by atoms with Gasteiger partial charge in [-0.05, 0) is 11.8 Å². The summed E-state index contributed by atoms with van der Waals surface area (Å²) in [5, 5.41) is 18.8. The predicted molar refractivity (Wildman–Crippen MR) is 78.0 cm³/mol. The van der Waals surface area contributed by atoms with Gasteiger partial charge in [-0.15, -0.1) is 0 Å². The highest BCUT2D eigenvalue weighted by Gasteiger charge is 2.30. The van der Waals surface area contributed by atoms with E-state index in [1.54, 1.807) is 6.07 Å². The third-order valence-corrected chi connectivity index (χ3v) is 3.58. The molecule has 0 amide bonds. The molecule has 0 aromatic heterocycles. The summed E-state index contributed by atoms with van der Waals surface area (Å²) in [5.74, 6) is 0.623. The van der Waals surface area contributed by atoms with Gasteiger partial charge in [-0.2, -0.15) is 0 Å². The Balaban J connectivity index is 2.08. The van der Waals surface area contributed by atoms with Gasteiger partial charge in [0, 0.05) is 5.46 Å². The molecule has 2 aromatic carbocycles. The van der Waals surface area contributed by atoms with Gasteiger partial charge < -0.3 is 14.8 Å². The maximum absolute atomic E-state index is 9.41. The van der Waals surface area contributed by atoms with Crippen LogP contribution in [0.3, 0.4) is 0 Å². The van der Waals surface area contributed by atoms with Crippen molar-refractivity contribution in [2.45, 2.75) is 6.32 Å². The lowest BCUT2D eigenvalue weighted by molar-refractivity contribution is 0.336. The summed E-state index contributed by atoms with van der Waals surface area (Å²) in [6, 6.07) is 15.8. The average Bonchev–Trinajstić information content (AvgIpc) is 2.46. The van der Waals surface area contributed by atoms with Gasteiger partial charge in [0.05, 0.1) is 6.61 Å². The molecule has 5 heteroatoms. The van der Waals surface area contributed by atoms with E-state index in [0.717, 1.165) is 11.8 Å². The lowest BCUT2D eigenvalue weighted by Gasteiger charge is -2.26. The maximum atomic E-state index is 9.41. The first kappa shape index (κ1) is 12.3. The quantitative estimate of drug-likeness (QED) is 0.699. The highest BCUT2D eigenvalue weighted by Crippen LogP contribution is 2.14. The summed E-state index contributed by atoms with van der Waals surface area (Å²) in [5.41, 5.74) is 2.71. The predicted octanol–water partition coefficient (Wildman–Crippen LogP) is -0.632. The molecule has 1 heterocycles. The second-order valence-electron chi connectivity index (χ2n) is 4.74. The normalized spacial score (nSPS) is 13.7. The maximum Gasteiger partial charge on any atom is 0.492 e. The molecule has 1 aliphatic rings. The first-order valence-electron chi connectivity index (χ1n) is 6.44. The molecule has 1 aliphatic heterocycles. The Morgan fingerprint density at radius 3 is 2.53 bits per heavy atom. The number of para-hydroxylation sites is 1. The monoisotopic (exact) mass is 252 g/mol. The van der Waals surface area contributed by atoms with E-state index in [0.29, 0.717) is 17.8 Å². The van der Waals surface area contributed by atoms with Crippen molar-refractivity contribution in [1.82, 2.24) is 0 Å². The molecule has 0 bridgehead atoms. The average molecular weight is 252 g/mol. The zero-order valence-corrected chi connectivity index (χ0v) is 10.5.